The lowest BCUT2D eigenvalue weighted by molar-refractivity contribution is 0.0529. The van der Waals surface area contributed by atoms with Crippen LogP contribution >= 0.6 is 0 Å². The Hall–Kier alpha value is -2.82. The van der Waals surface area contributed by atoms with Gasteiger partial charge in [-0.25, -0.2) is 9.18 Å². The van der Waals surface area contributed by atoms with Gasteiger partial charge in [0.25, 0.3) is 0 Å². The molecule has 0 fully saturated rings. The first-order valence-electron chi connectivity index (χ1n) is 6.78. The van der Waals surface area contributed by atoms with Crippen molar-refractivity contribution in [2.24, 2.45) is 0 Å². The normalized spacial score (nSPS) is 10.8. The highest BCUT2D eigenvalue weighted by Crippen LogP contribution is 2.35. The highest BCUT2D eigenvalue weighted by atomic mass is 19.1. The molecule has 22 heavy (non-hydrogen) atoms. The number of furan rings is 1. The van der Waals surface area contributed by atoms with E-state index >= 15 is 0 Å². The summed E-state index contributed by atoms with van der Waals surface area (Å²) in [6, 6.07) is 10.1. The Morgan fingerprint density at radius 3 is 2.64 bits per heavy atom. The van der Waals surface area contributed by atoms with Crippen LogP contribution < -0.4 is 0 Å². The summed E-state index contributed by atoms with van der Waals surface area (Å²) in [6.45, 7) is 1.92. The maximum absolute atomic E-state index is 13.1. The van der Waals surface area contributed by atoms with Crippen LogP contribution in [0.5, 0.6) is 5.75 Å². The van der Waals surface area contributed by atoms with Gasteiger partial charge in [-0.15, -0.1) is 0 Å². The van der Waals surface area contributed by atoms with Crippen LogP contribution in [-0.4, -0.2) is 17.7 Å². The number of phenols is 1. The maximum atomic E-state index is 13.1. The van der Waals surface area contributed by atoms with Gasteiger partial charge in [0.15, 0.2) is 0 Å². The van der Waals surface area contributed by atoms with Gasteiger partial charge in [-0.3, -0.25) is 0 Å². The minimum atomic E-state index is -0.550. The van der Waals surface area contributed by atoms with Crippen LogP contribution in [0.1, 0.15) is 17.3 Å². The Kier molecular flexibility index (Phi) is 3.55. The van der Waals surface area contributed by atoms with Crippen LogP contribution in [0.4, 0.5) is 4.39 Å². The molecule has 3 rings (SSSR count). The minimum absolute atomic E-state index is 0.0181. The lowest BCUT2D eigenvalue weighted by Gasteiger charge is -2.03. The van der Waals surface area contributed by atoms with E-state index in [2.05, 4.69) is 0 Å². The molecule has 1 N–H and O–H groups in total. The number of benzene rings is 2. The Balaban J connectivity index is 2.26. The van der Waals surface area contributed by atoms with Crippen molar-refractivity contribution in [1.29, 1.82) is 0 Å². The van der Waals surface area contributed by atoms with Crippen molar-refractivity contribution in [2.75, 3.05) is 6.61 Å². The number of fused-ring (bicyclic) bond motifs is 1. The van der Waals surface area contributed by atoms with Gasteiger partial charge in [-0.1, -0.05) is 0 Å². The quantitative estimate of drug-likeness (QED) is 0.739. The van der Waals surface area contributed by atoms with Gasteiger partial charge in [-0.2, -0.15) is 0 Å². The predicted octanol–water partition coefficient (Wildman–Crippen LogP) is 4.12. The van der Waals surface area contributed by atoms with Gasteiger partial charge in [0.05, 0.1) is 6.61 Å². The molecule has 1 heterocycles. The molecule has 4 nitrogen and oxygen atoms in total. The first-order chi connectivity index (χ1) is 10.6. The molecule has 112 valence electrons. The van der Waals surface area contributed by atoms with Gasteiger partial charge < -0.3 is 14.3 Å². The topological polar surface area (TPSA) is 59.7 Å². The third-order valence-corrected chi connectivity index (χ3v) is 3.26. The lowest BCUT2D eigenvalue weighted by atomic mass is 10.1. The second-order valence-electron chi connectivity index (χ2n) is 4.71. The summed E-state index contributed by atoms with van der Waals surface area (Å²) in [5.41, 5.74) is 1.22. The molecular formula is C17H13FO4. The molecule has 0 amide bonds. The molecule has 0 radical (unpaired) electrons. The number of carbonyl (C=O) groups excluding carboxylic acids is 1. The summed E-state index contributed by atoms with van der Waals surface area (Å²) in [7, 11) is 0. The average molecular weight is 300 g/mol. The Labute approximate surface area is 125 Å². The number of rotatable bonds is 3. The van der Waals surface area contributed by atoms with E-state index in [4.69, 9.17) is 9.15 Å². The summed E-state index contributed by atoms with van der Waals surface area (Å²) in [6.07, 6.45) is 0. The SMILES string of the molecule is CCOC(=O)c1c(-c2ccc(F)cc2)oc2ccc(O)cc12. The largest absolute Gasteiger partial charge is 0.508 e. The lowest BCUT2D eigenvalue weighted by Crippen LogP contribution is -2.05. The van der Waals surface area contributed by atoms with Gasteiger partial charge in [-0.05, 0) is 49.4 Å². The second-order valence-corrected chi connectivity index (χ2v) is 4.71. The zero-order chi connectivity index (χ0) is 15.7. The molecule has 0 aliphatic heterocycles. The zero-order valence-corrected chi connectivity index (χ0v) is 11.8. The fourth-order valence-electron chi connectivity index (χ4n) is 2.30. The Morgan fingerprint density at radius 1 is 1.23 bits per heavy atom. The van der Waals surface area contributed by atoms with Crippen molar-refractivity contribution in [2.45, 2.75) is 6.92 Å². The molecule has 0 aliphatic rings. The number of carbonyl (C=O) groups is 1. The molecule has 0 atom stereocenters. The fourth-order valence-corrected chi connectivity index (χ4v) is 2.30. The van der Waals surface area contributed by atoms with Gasteiger partial charge in [0.1, 0.15) is 28.5 Å². The summed E-state index contributed by atoms with van der Waals surface area (Å²) >= 11 is 0. The summed E-state index contributed by atoms with van der Waals surface area (Å²) in [4.78, 5) is 12.3. The molecule has 5 heteroatoms. The highest BCUT2D eigenvalue weighted by molar-refractivity contribution is 6.09. The van der Waals surface area contributed by atoms with Crippen molar-refractivity contribution >= 4 is 16.9 Å². The predicted molar refractivity (Wildman–Crippen MR) is 79.2 cm³/mol. The van der Waals surface area contributed by atoms with Gasteiger partial charge in [0, 0.05) is 10.9 Å². The molecule has 3 aromatic rings. The average Bonchev–Trinajstić information content (AvgIpc) is 2.86. The molecule has 0 saturated carbocycles. The van der Waals surface area contributed by atoms with E-state index in [0.29, 0.717) is 22.3 Å². The van der Waals surface area contributed by atoms with Crippen LogP contribution in [0.15, 0.2) is 46.9 Å². The van der Waals surface area contributed by atoms with E-state index in [1.807, 2.05) is 0 Å². The number of esters is 1. The van der Waals surface area contributed by atoms with E-state index in [1.165, 1.54) is 36.4 Å². The number of aromatic hydroxyl groups is 1. The van der Waals surface area contributed by atoms with E-state index < -0.39 is 5.97 Å². The molecule has 2 aromatic carbocycles. The molecule has 0 saturated heterocycles. The first-order valence-corrected chi connectivity index (χ1v) is 6.78. The fraction of sp³-hybridized carbons (Fsp3) is 0.118. The summed E-state index contributed by atoms with van der Waals surface area (Å²) in [5, 5.41) is 10.1. The number of phenolic OH excluding ortho intramolecular Hbond substituents is 1. The van der Waals surface area contributed by atoms with Gasteiger partial charge in [0.2, 0.25) is 0 Å². The molecule has 1 aromatic heterocycles. The van der Waals surface area contributed by atoms with Crippen molar-refractivity contribution in [3.63, 3.8) is 0 Å². The van der Waals surface area contributed by atoms with E-state index in [-0.39, 0.29) is 23.7 Å². The number of hydrogen-bond donors (Lipinski definition) is 1. The zero-order valence-electron chi connectivity index (χ0n) is 11.8. The third kappa shape index (κ3) is 2.41. The second kappa shape index (κ2) is 5.52. The monoisotopic (exact) mass is 300 g/mol. The Bertz CT molecular complexity index is 834. The van der Waals surface area contributed by atoms with E-state index in [0.717, 1.165) is 0 Å². The smallest absolute Gasteiger partial charge is 0.342 e. The van der Waals surface area contributed by atoms with Crippen LogP contribution in [0.2, 0.25) is 0 Å². The van der Waals surface area contributed by atoms with Gasteiger partial charge >= 0.3 is 5.97 Å². The summed E-state index contributed by atoms with van der Waals surface area (Å²) < 4.78 is 23.9. The standard InChI is InChI=1S/C17H13FO4/c1-2-21-17(20)15-13-9-12(19)7-8-14(13)22-16(15)10-3-5-11(18)6-4-10/h3-9,19H,2H2,1H3. The molecule has 0 unspecified atom stereocenters. The van der Waals surface area contributed by atoms with Crippen LogP contribution in [0.25, 0.3) is 22.3 Å². The maximum Gasteiger partial charge on any atom is 0.342 e. The highest BCUT2D eigenvalue weighted by Gasteiger charge is 2.23. The van der Waals surface area contributed by atoms with Crippen molar-refractivity contribution < 1.29 is 23.4 Å². The van der Waals surface area contributed by atoms with E-state index in [1.54, 1.807) is 13.0 Å². The number of halogens is 1. The third-order valence-electron chi connectivity index (χ3n) is 3.26. The van der Waals surface area contributed by atoms with Crippen LogP contribution in [-0.2, 0) is 4.74 Å². The number of ether oxygens (including phenoxy) is 1. The first kappa shape index (κ1) is 14.1. The molecule has 0 bridgehead atoms. The van der Waals surface area contributed by atoms with Crippen molar-refractivity contribution in [1.82, 2.24) is 0 Å². The molecule has 0 aliphatic carbocycles. The van der Waals surface area contributed by atoms with Crippen LogP contribution in [0, 0.1) is 5.82 Å². The minimum Gasteiger partial charge on any atom is -0.508 e. The van der Waals surface area contributed by atoms with Crippen LogP contribution in [0.3, 0.4) is 0 Å². The Morgan fingerprint density at radius 2 is 1.95 bits per heavy atom. The van der Waals surface area contributed by atoms with Crippen molar-refractivity contribution in [3.8, 4) is 17.1 Å². The van der Waals surface area contributed by atoms with Crippen molar-refractivity contribution in [3.05, 3.63) is 53.8 Å². The summed E-state index contributed by atoms with van der Waals surface area (Å²) in [5.74, 6) is -0.620. The van der Waals surface area contributed by atoms with E-state index in [9.17, 15) is 14.3 Å². The number of hydrogen-bond acceptors (Lipinski definition) is 4. The molecule has 0 spiro atoms. The molecular weight excluding hydrogens is 287 g/mol.